The quantitative estimate of drug-likeness (QED) is 0.652. The fraction of sp³-hybridized carbons (Fsp3) is 0.409. The number of thiazole rings is 1. The number of carbonyl (C=O) groups excluding carboxylic acids is 1. The highest BCUT2D eigenvalue weighted by atomic mass is 32.1. The SMILES string of the molecule is CC(C)(F)c1cc2sc(N3CCC[C@@H]3C(=O)CCc3ccccc3)nc2c(=O)[nH]1. The van der Waals surface area contributed by atoms with E-state index in [9.17, 15) is 14.0 Å². The van der Waals surface area contributed by atoms with Crippen LogP contribution in [0.25, 0.3) is 10.2 Å². The normalized spacial score (nSPS) is 17.2. The summed E-state index contributed by atoms with van der Waals surface area (Å²) in [5.74, 6) is 0.199. The highest BCUT2D eigenvalue weighted by Gasteiger charge is 2.32. The van der Waals surface area contributed by atoms with Gasteiger partial charge in [0, 0.05) is 13.0 Å². The first-order valence-electron chi connectivity index (χ1n) is 9.89. The van der Waals surface area contributed by atoms with Gasteiger partial charge in [-0.05, 0) is 44.7 Å². The molecule has 1 atom stereocenters. The van der Waals surface area contributed by atoms with E-state index in [4.69, 9.17) is 0 Å². The number of aryl methyl sites for hydroxylation is 1. The lowest BCUT2D eigenvalue weighted by molar-refractivity contribution is -0.120. The number of alkyl halides is 1. The number of Topliss-reactive ketones (excluding diaryl/α,β-unsaturated/α-hetero) is 1. The van der Waals surface area contributed by atoms with Gasteiger partial charge in [0.1, 0.15) is 11.2 Å². The van der Waals surface area contributed by atoms with Crippen molar-refractivity contribution in [3.05, 3.63) is 58.0 Å². The molecule has 5 nitrogen and oxygen atoms in total. The number of aromatic amines is 1. The summed E-state index contributed by atoms with van der Waals surface area (Å²) in [4.78, 5) is 34.4. The smallest absolute Gasteiger partial charge is 0.275 e. The molecule has 3 heterocycles. The Balaban J connectivity index is 1.56. The number of halogens is 1. The highest BCUT2D eigenvalue weighted by molar-refractivity contribution is 7.22. The Morgan fingerprint density at radius 3 is 2.83 bits per heavy atom. The molecule has 152 valence electrons. The van der Waals surface area contributed by atoms with Crippen LogP contribution in [0.5, 0.6) is 0 Å². The third-order valence-corrected chi connectivity index (χ3v) is 6.43. The second-order valence-electron chi connectivity index (χ2n) is 8.00. The molecule has 4 rings (SSSR count). The molecule has 0 spiro atoms. The van der Waals surface area contributed by atoms with E-state index >= 15 is 0 Å². The van der Waals surface area contributed by atoms with E-state index in [-0.39, 0.29) is 17.5 Å². The molecule has 2 aromatic heterocycles. The second-order valence-corrected chi connectivity index (χ2v) is 9.01. The van der Waals surface area contributed by atoms with E-state index in [1.54, 1.807) is 6.07 Å². The largest absolute Gasteiger partial charge is 0.338 e. The van der Waals surface area contributed by atoms with Gasteiger partial charge in [-0.2, -0.15) is 0 Å². The molecular formula is C22H24FN3O2S. The fourth-order valence-corrected chi connectivity index (χ4v) is 4.86. The van der Waals surface area contributed by atoms with Crippen molar-refractivity contribution in [2.75, 3.05) is 11.4 Å². The van der Waals surface area contributed by atoms with Crippen LogP contribution in [-0.2, 0) is 16.9 Å². The van der Waals surface area contributed by atoms with Crippen LogP contribution in [0.15, 0.2) is 41.2 Å². The van der Waals surface area contributed by atoms with Gasteiger partial charge in [-0.15, -0.1) is 0 Å². The van der Waals surface area contributed by atoms with Crippen LogP contribution in [0.2, 0.25) is 0 Å². The molecule has 1 aliphatic heterocycles. The van der Waals surface area contributed by atoms with Crippen LogP contribution in [-0.4, -0.2) is 28.3 Å². The molecule has 7 heteroatoms. The number of aromatic nitrogens is 2. The van der Waals surface area contributed by atoms with Crippen molar-refractivity contribution in [3.8, 4) is 0 Å². The molecule has 1 N–H and O–H groups in total. The average Bonchev–Trinajstić information content (AvgIpc) is 3.33. The monoisotopic (exact) mass is 413 g/mol. The molecule has 3 aromatic rings. The van der Waals surface area contributed by atoms with Gasteiger partial charge in [0.15, 0.2) is 10.9 Å². The summed E-state index contributed by atoms with van der Waals surface area (Å²) in [5, 5.41) is 0.662. The fourth-order valence-electron chi connectivity index (χ4n) is 3.78. The minimum Gasteiger partial charge on any atom is -0.338 e. The first-order valence-corrected chi connectivity index (χ1v) is 10.7. The number of ketones is 1. The predicted molar refractivity (Wildman–Crippen MR) is 115 cm³/mol. The van der Waals surface area contributed by atoms with Gasteiger partial charge in [0.25, 0.3) is 5.56 Å². The number of benzene rings is 1. The maximum atomic E-state index is 14.3. The van der Waals surface area contributed by atoms with E-state index < -0.39 is 11.2 Å². The number of pyridine rings is 1. The Hall–Kier alpha value is -2.54. The number of hydrogen-bond acceptors (Lipinski definition) is 5. The molecule has 0 aliphatic carbocycles. The lowest BCUT2D eigenvalue weighted by Crippen LogP contribution is -2.36. The van der Waals surface area contributed by atoms with Crippen LogP contribution in [0.3, 0.4) is 0 Å². The van der Waals surface area contributed by atoms with Crippen molar-refractivity contribution in [1.82, 2.24) is 9.97 Å². The van der Waals surface area contributed by atoms with E-state index in [1.807, 2.05) is 35.2 Å². The predicted octanol–water partition coefficient (Wildman–Crippen LogP) is 4.36. The molecule has 1 saturated heterocycles. The standard InChI is InChI=1S/C22H24FN3O2S/c1-22(2,23)18-13-17-19(20(28)24-18)25-21(29-17)26-12-6-9-15(26)16(27)11-10-14-7-4-3-5-8-14/h3-5,7-8,13,15H,6,9-12H2,1-2H3,(H,24,28)/t15-/m1/s1. The third kappa shape index (κ3) is 4.10. The molecule has 0 saturated carbocycles. The van der Waals surface area contributed by atoms with E-state index in [0.29, 0.717) is 21.8 Å². The lowest BCUT2D eigenvalue weighted by atomic mass is 10.0. The van der Waals surface area contributed by atoms with E-state index in [2.05, 4.69) is 9.97 Å². The van der Waals surface area contributed by atoms with Gasteiger partial charge in [-0.25, -0.2) is 9.37 Å². The number of nitrogens with one attached hydrogen (secondary N) is 1. The number of rotatable bonds is 6. The van der Waals surface area contributed by atoms with Crippen LogP contribution >= 0.6 is 11.3 Å². The van der Waals surface area contributed by atoms with Crippen molar-refractivity contribution in [2.24, 2.45) is 0 Å². The summed E-state index contributed by atoms with van der Waals surface area (Å²) in [6, 6.07) is 11.4. The van der Waals surface area contributed by atoms with Crippen molar-refractivity contribution >= 4 is 32.5 Å². The van der Waals surface area contributed by atoms with Gasteiger partial charge in [-0.1, -0.05) is 41.7 Å². The van der Waals surface area contributed by atoms with E-state index in [0.717, 1.165) is 31.4 Å². The maximum absolute atomic E-state index is 14.3. The number of hydrogen-bond donors (Lipinski definition) is 1. The molecule has 29 heavy (non-hydrogen) atoms. The summed E-state index contributed by atoms with van der Waals surface area (Å²) in [7, 11) is 0. The van der Waals surface area contributed by atoms with Gasteiger partial charge in [0.05, 0.1) is 16.4 Å². The maximum Gasteiger partial charge on any atom is 0.275 e. The Kier molecular flexibility index (Phi) is 5.25. The first kappa shape index (κ1) is 19.8. The first-order chi connectivity index (χ1) is 13.8. The Labute approximate surface area is 172 Å². The Morgan fingerprint density at radius 2 is 2.10 bits per heavy atom. The molecule has 0 unspecified atom stereocenters. The summed E-state index contributed by atoms with van der Waals surface area (Å²) in [6.45, 7) is 3.56. The lowest BCUT2D eigenvalue weighted by Gasteiger charge is -2.22. The molecule has 1 fully saturated rings. The summed E-state index contributed by atoms with van der Waals surface area (Å²) < 4.78 is 14.9. The van der Waals surface area contributed by atoms with Gasteiger partial charge >= 0.3 is 0 Å². The zero-order chi connectivity index (χ0) is 20.6. The van der Waals surface area contributed by atoms with Crippen molar-refractivity contribution in [1.29, 1.82) is 0 Å². The molecule has 0 amide bonds. The van der Waals surface area contributed by atoms with Crippen molar-refractivity contribution < 1.29 is 9.18 Å². The van der Waals surface area contributed by atoms with Crippen molar-refractivity contribution in [2.45, 2.75) is 51.2 Å². The van der Waals surface area contributed by atoms with Gasteiger partial charge in [0.2, 0.25) is 0 Å². The average molecular weight is 414 g/mol. The number of carbonyl (C=O) groups is 1. The molecular weight excluding hydrogens is 389 g/mol. The number of nitrogens with zero attached hydrogens (tertiary/aromatic N) is 2. The Morgan fingerprint density at radius 1 is 1.34 bits per heavy atom. The molecule has 0 bridgehead atoms. The summed E-state index contributed by atoms with van der Waals surface area (Å²) >= 11 is 1.35. The number of anilines is 1. The van der Waals surface area contributed by atoms with Crippen LogP contribution in [0.1, 0.15) is 44.4 Å². The summed E-state index contributed by atoms with van der Waals surface area (Å²) in [6.07, 6.45) is 2.91. The topological polar surface area (TPSA) is 66.1 Å². The second kappa shape index (κ2) is 7.71. The van der Waals surface area contributed by atoms with Gasteiger partial charge < -0.3 is 9.88 Å². The zero-order valence-corrected chi connectivity index (χ0v) is 17.4. The zero-order valence-electron chi connectivity index (χ0n) is 16.6. The highest BCUT2D eigenvalue weighted by Crippen LogP contribution is 2.34. The van der Waals surface area contributed by atoms with Crippen LogP contribution < -0.4 is 10.5 Å². The Bertz CT molecular complexity index is 1080. The van der Waals surface area contributed by atoms with Crippen LogP contribution in [0.4, 0.5) is 9.52 Å². The molecule has 0 radical (unpaired) electrons. The summed E-state index contributed by atoms with van der Waals surface area (Å²) in [5.41, 5.74) is -0.334. The van der Waals surface area contributed by atoms with E-state index in [1.165, 1.54) is 25.2 Å². The number of fused-ring (bicyclic) bond motifs is 1. The third-order valence-electron chi connectivity index (χ3n) is 5.39. The minimum atomic E-state index is -1.64. The van der Waals surface area contributed by atoms with Crippen molar-refractivity contribution in [3.63, 3.8) is 0 Å². The van der Waals surface area contributed by atoms with Crippen LogP contribution in [0, 0.1) is 0 Å². The molecule has 1 aromatic carbocycles. The van der Waals surface area contributed by atoms with Gasteiger partial charge in [-0.3, -0.25) is 9.59 Å². The number of H-pyrrole nitrogens is 1. The molecule has 1 aliphatic rings. The minimum absolute atomic E-state index is 0.199.